The van der Waals surface area contributed by atoms with Crippen molar-refractivity contribution in [1.29, 1.82) is 0 Å². The van der Waals surface area contributed by atoms with E-state index in [-0.39, 0.29) is 11.2 Å². The number of halogens is 2. The van der Waals surface area contributed by atoms with Crippen LogP contribution in [0.15, 0.2) is 17.7 Å². The van der Waals surface area contributed by atoms with E-state index in [2.05, 4.69) is 19.9 Å². The maximum Gasteiger partial charge on any atom is 0.342 e. The van der Waals surface area contributed by atoms with Crippen molar-refractivity contribution in [3.63, 3.8) is 0 Å². The second-order valence-corrected chi connectivity index (χ2v) is 4.42. The van der Waals surface area contributed by atoms with Crippen molar-refractivity contribution in [1.82, 2.24) is 19.9 Å². The molecule has 9 heteroatoms. The van der Waals surface area contributed by atoms with Crippen LogP contribution >= 0.6 is 0 Å². The van der Waals surface area contributed by atoms with E-state index in [1.165, 1.54) is 0 Å². The Morgan fingerprint density at radius 2 is 2.00 bits per heavy atom. The Bertz CT molecular complexity index is 594. The number of rotatable bonds is 2. The van der Waals surface area contributed by atoms with Gasteiger partial charge in [0.1, 0.15) is 11.8 Å². The lowest BCUT2D eigenvalue weighted by molar-refractivity contribution is 0.234. The summed E-state index contributed by atoms with van der Waals surface area (Å²) in [6.07, 6.45) is 2.03. The largest absolute Gasteiger partial charge is 0.342 e. The molecule has 2 aromatic rings. The summed E-state index contributed by atoms with van der Waals surface area (Å²) in [6.45, 7) is 0. The van der Waals surface area contributed by atoms with E-state index in [1.54, 1.807) is 0 Å². The number of aromatic amines is 1. The average Bonchev–Trinajstić information content (AvgIpc) is 2.64. The Kier molecular flexibility index (Phi) is 2.11. The number of nitrogens with one attached hydrogen (secondary N) is 1. The van der Waals surface area contributed by atoms with Crippen molar-refractivity contribution in [2.45, 2.75) is 10.8 Å². The summed E-state index contributed by atoms with van der Waals surface area (Å²) in [4.78, 5) is 13.0. The molecular formula is C6H4F2N4O2S. The van der Waals surface area contributed by atoms with Gasteiger partial charge in [0.15, 0.2) is 10.7 Å². The van der Waals surface area contributed by atoms with Gasteiger partial charge >= 0.3 is 5.76 Å². The quantitative estimate of drug-likeness (QED) is 0.757. The van der Waals surface area contributed by atoms with Gasteiger partial charge in [-0.2, -0.15) is 8.78 Å². The molecule has 0 radical (unpaired) electrons. The summed E-state index contributed by atoms with van der Waals surface area (Å²) in [5.74, 6) is -3.51. The molecule has 0 fully saturated rings. The summed E-state index contributed by atoms with van der Waals surface area (Å²) in [5.41, 5.74) is -0.0815. The first-order valence-corrected chi connectivity index (χ1v) is 5.24. The fourth-order valence-corrected chi connectivity index (χ4v) is 1.84. The molecule has 0 aromatic carbocycles. The standard InChI is InChI=1S/C6H4F2N4O2S/c7-6(8)15(13,14)5-3-4(10-1-9-3)11-2-12-5/h1-2,6H,(H,9,10,11,12). The Morgan fingerprint density at radius 3 is 2.67 bits per heavy atom. The molecule has 6 nitrogen and oxygen atoms in total. The monoisotopic (exact) mass is 234 g/mol. The Hall–Kier alpha value is -1.64. The van der Waals surface area contributed by atoms with Crippen molar-refractivity contribution in [2.24, 2.45) is 0 Å². The molecule has 0 aliphatic heterocycles. The van der Waals surface area contributed by atoms with E-state index in [9.17, 15) is 17.2 Å². The number of nitrogens with zero attached hydrogens (tertiary/aromatic N) is 3. The van der Waals surface area contributed by atoms with Crippen LogP contribution in [0.25, 0.3) is 11.2 Å². The van der Waals surface area contributed by atoms with Crippen molar-refractivity contribution in [2.75, 3.05) is 0 Å². The first-order chi connectivity index (χ1) is 7.03. The molecule has 0 saturated heterocycles. The highest BCUT2D eigenvalue weighted by Crippen LogP contribution is 2.20. The summed E-state index contributed by atoms with van der Waals surface area (Å²) >= 11 is 0. The van der Waals surface area contributed by atoms with Crippen LogP contribution in [0.5, 0.6) is 0 Å². The lowest BCUT2D eigenvalue weighted by Gasteiger charge is -2.01. The number of aromatic nitrogens is 4. The maximum absolute atomic E-state index is 12.2. The highest BCUT2D eigenvalue weighted by Gasteiger charge is 2.30. The lowest BCUT2D eigenvalue weighted by Crippen LogP contribution is -2.13. The van der Waals surface area contributed by atoms with Gasteiger partial charge in [0.25, 0.3) is 9.84 Å². The highest BCUT2D eigenvalue weighted by molar-refractivity contribution is 7.91. The number of hydrogen-bond acceptors (Lipinski definition) is 5. The number of hydrogen-bond donors (Lipinski definition) is 1. The molecule has 0 bridgehead atoms. The van der Waals surface area contributed by atoms with Gasteiger partial charge in [0.05, 0.1) is 6.33 Å². The molecule has 0 aliphatic carbocycles. The fraction of sp³-hybridized carbons (Fsp3) is 0.167. The molecular weight excluding hydrogens is 230 g/mol. The van der Waals surface area contributed by atoms with Gasteiger partial charge in [-0.25, -0.2) is 23.4 Å². The molecule has 0 aliphatic rings. The van der Waals surface area contributed by atoms with E-state index >= 15 is 0 Å². The molecule has 0 atom stereocenters. The van der Waals surface area contributed by atoms with Gasteiger partial charge in [-0.3, -0.25) is 0 Å². The van der Waals surface area contributed by atoms with Gasteiger partial charge in [-0.15, -0.1) is 0 Å². The molecule has 0 amide bonds. The second-order valence-electron chi connectivity index (χ2n) is 2.59. The van der Waals surface area contributed by atoms with Crippen LogP contribution < -0.4 is 0 Å². The molecule has 0 spiro atoms. The molecule has 0 unspecified atom stereocenters. The summed E-state index contributed by atoms with van der Waals surface area (Å²) in [7, 11) is -4.73. The van der Waals surface area contributed by atoms with E-state index in [1.807, 2.05) is 0 Å². The molecule has 2 heterocycles. The Morgan fingerprint density at radius 1 is 1.27 bits per heavy atom. The number of fused-ring (bicyclic) bond motifs is 1. The number of imidazole rings is 1. The van der Waals surface area contributed by atoms with Crippen LogP contribution in [0.4, 0.5) is 8.78 Å². The van der Waals surface area contributed by atoms with Gasteiger partial charge in [-0.05, 0) is 0 Å². The van der Waals surface area contributed by atoms with Crippen LogP contribution in [0.3, 0.4) is 0 Å². The van der Waals surface area contributed by atoms with E-state index in [4.69, 9.17) is 0 Å². The molecule has 2 rings (SSSR count). The summed E-state index contributed by atoms with van der Waals surface area (Å²) in [6, 6.07) is 0. The first-order valence-electron chi connectivity index (χ1n) is 3.69. The summed E-state index contributed by atoms with van der Waals surface area (Å²) in [5, 5.41) is -0.736. The summed E-state index contributed by atoms with van der Waals surface area (Å²) < 4.78 is 46.8. The predicted molar refractivity (Wildman–Crippen MR) is 44.9 cm³/mol. The third-order valence-electron chi connectivity index (χ3n) is 1.69. The Balaban J connectivity index is 2.77. The third kappa shape index (κ3) is 1.44. The first kappa shape index (κ1) is 9.90. The Labute approximate surface area is 82.3 Å². The molecule has 2 aromatic heterocycles. The van der Waals surface area contributed by atoms with Crippen LogP contribution in [-0.4, -0.2) is 34.1 Å². The van der Waals surface area contributed by atoms with Crippen LogP contribution in [0.1, 0.15) is 0 Å². The van der Waals surface area contributed by atoms with E-state index in [0.717, 1.165) is 12.7 Å². The van der Waals surface area contributed by atoms with Gasteiger partial charge < -0.3 is 4.98 Å². The third-order valence-corrected chi connectivity index (χ3v) is 3.01. The van der Waals surface area contributed by atoms with Gasteiger partial charge in [0.2, 0.25) is 0 Å². The number of H-pyrrole nitrogens is 1. The SMILES string of the molecule is O=S(=O)(c1ncnc2nc[nH]c12)C(F)F. The molecule has 15 heavy (non-hydrogen) atoms. The maximum atomic E-state index is 12.2. The van der Waals surface area contributed by atoms with Crippen molar-refractivity contribution < 1.29 is 17.2 Å². The second kappa shape index (κ2) is 3.19. The topological polar surface area (TPSA) is 88.6 Å². The van der Waals surface area contributed by atoms with Crippen molar-refractivity contribution in [3.05, 3.63) is 12.7 Å². The minimum Gasteiger partial charge on any atom is -0.341 e. The van der Waals surface area contributed by atoms with Crippen molar-refractivity contribution >= 4 is 21.0 Å². The smallest absolute Gasteiger partial charge is 0.341 e. The highest BCUT2D eigenvalue weighted by atomic mass is 32.2. The molecule has 0 saturated carbocycles. The van der Waals surface area contributed by atoms with Crippen LogP contribution in [0, 0.1) is 0 Å². The number of alkyl halides is 2. The molecule has 1 N–H and O–H groups in total. The minimum atomic E-state index is -4.73. The zero-order chi connectivity index (χ0) is 11.1. The van der Waals surface area contributed by atoms with Gasteiger partial charge in [-0.1, -0.05) is 0 Å². The van der Waals surface area contributed by atoms with Gasteiger partial charge in [0, 0.05) is 0 Å². The van der Waals surface area contributed by atoms with Crippen LogP contribution in [0.2, 0.25) is 0 Å². The average molecular weight is 234 g/mol. The van der Waals surface area contributed by atoms with E-state index < -0.39 is 20.6 Å². The zero-order valence-electron chi connectivity index (χ0n) is 7.05. The van der Waals surface area contributed by atoms with Crippen LogP contribution in [-0.2, 0) is 9.84 Å². The van der Waals surface area contributed by atoms with E-state index in [0.29, 0.717) is 0 Å². The predicted octanol–water partition coefficient (Wildman–Crippen LogP) is 0.349. The van der Waals surface area contributed by atoms with Crippen molar-refractivity contribution in [3.8, 4) is 0 Å². The zero-order valence-corrected chi connectivity index (χ0v) is 7.87. The minimum absolute atomic E-state index is 0.0317. The lowest BCUT2D eigenvalue weighted by atomic mass is 10.6. The normalized spacial score (nSPS) is 12.5. The number of sulfone groups is 1. The molecule has 80 valence electrons. The fourth-order valence-electron chi connectivity index (χ4n) is 1.04.